The molecular formula is C15H25IO4. The second kappa shape index (κ2) is 10.6. The second-order valence-electron chi connectivity index (χ2n) is 4.99. The van der Waals surface area contributed by atoms with Crippen molar-refractivity contribution in [2.45, 2.75) is 58.0 Å². The molecule has 0 aliphatic carbocycles. The second-order valence-corrected chi connectivity index (χ2v) is 6.15. The monoisotopic (exact) mass is 396 g/mol. The lowest BCUT2D eigenvalue weighted by molar-refractivity contribution is -0.140. The molecule has 0 aromatic carbocycles. The number of esters is 1. The zero-order chi connectivity index (χ0) is 14.8. The first-order valence-corrected chi connectivity index (χ1v) is 8.44. The van der Waals surface area contributed by atoms with Gasteiger partial charge in [0.25, 0.3) is 0 Å². The molecule has 0 aromatic rings. The summed E-state index contributed by atoms with van der Waals surface area (Å²) in [6.45, 7) is 3.11. The maximum atomic E-state index is 11.9. The molecule has 20 heavy (non-hydrogen) atoms. The number of halogens is 1. The van der Waals surface area contributed by atoms with Crippen LogP contribution in [0.1, 0.15) is 51.9 Å². The van der Waals surface area contributed by atoms with Crippen molar-refractivity contribution >= 4 is 28.6 Å². The van der Waals surface area contributed by atoms with E-state index in [2.05, 4.69) is 29.5 Å². The molecule has 1 aliphatic rings. The summed E-state index contributed by atoms with van der Waals surface area (Å²) in [6.07, 6.45) is 7.32. The van der Waals surface area contributed by atoms with E-state index >= 15 is 0 Å². The number of methoxy groups -OCH3 is 1. The van der Waals surface area contributed by atoms with Crippen LogP contribution in [0.4, 0.5) is 0 Å². The molecule has 1 rings (SSSR count). The molecule has 1 heterocycles. The first-order valence-electron chi connectivity index (χ1n) is 7.36. The Bertz CT molecular complexity index is 328. The molecule has 0 amide bonds. The van der Waals surface area contributed by atoms with E-state index in [1.165, 1.54) is 19.3 Å². The van der Waals surface area contributed by atoms with Crippen molar-refractivity contribution in [3.63, 3.8) is 0 Å². The van der Waals surface area contributed by atoms with Crippen LogP contribution in [0.25, 0.3) is 0 Å². The first-order chi connectivity index (χ1) is 9.70. The Morgan fingerprint density at radius 3 is 2.75 bits per heavy atom. The van der Waals surface area contributed by atoms with Gasteiger partial charge in [-0.05, 0) is 48.3 Å². The molecule has 1 aliphatic heterocycles. The summed E-state index contributed by atoms with van der Waals surface area (Å²) >= 11 is 2.27. The highest BCUT2D eigenvalue weighted by molar-refractivity contribution is 14.1. The van der Waals surface area contributed by atoms with Crippen molar-refractivity contribution in [3.8, 4) is 0 Å². The normalized spacial score (nSPS) is 18.8. The molecular weight excluding hydrogens is 371 g/mol. The van der Waals surface area contributed by atoms with Crippen molar-refractivity contribution in [3.05, 3.63) is 9.15 Å². The number of carbonyl (C=O) groups excluding carboxylic acids is 1. The third-order valence-corrected chi connectivity index (χ3v) is 4.65. The zero-order valence-electron chi connectivity index (χ0n) is 12.5. The summed E-state index contributed by atoms with van der Waals surface area (Å²) in [5.41, 5.74) is 0.840. The maximum absolute atomic E-state index is 11.9. The number of carbonyl (C=O) groups is 1. The lowest BCUT2D eigenvalue weighted by Crippen LogP contribution is -2.09. The van der Waals surface area contributed by atoms with Crippen LogP contribution in [-0.4, -0.2) is 32.6 Å². The maximum Gasteiger partial charge on any atom is 0.335 e. The lowest BCUT2D eigenvalue weighted by Gasteiger charge is -2.09. The summed E-state index contributed by atoms with van der Waals surface area (Å²) in [6, 6.07) is 0. The van der Waals surface area contributed by atoms with Crippen LogP contribution in [0.5, 0.6) is 0 Å². The highest BCUT2D eigenvalue weighted by Crippen LogP contribution is 2.33. The minimum atomic E-state index is -0.137. The Morgan fingerprint density at radius 2 is 2.05 bits per heavy atom. The van der Waals surface area contributed by atoms with Crippen LogP contribution in [-0.2, 0) is 19.0 Å². The summed E-state index contributed by atoms with van der Waals surface area (Å²) in [7, 11) is 1.60. The highest BCUT2D eigenvalue weighted by Gasteiger charge is 2.31. The number of cyclic esters (lactones) is 1. The van der Waals surface area contributed by atoms with Crippen molar-refractivity contribution in [2.24, 2.45) is 0 Å². The molecule has 0 unspecified atom stereocenters. The van der Waals surface area contributed by atoms with Crippen molar-refractivity contribution < 1.29 is 19.0 Å². The average molecular weight is 396 g/mol. The predicted molar refractivity (Wildman–Crippen MR) is 86.7 cm³/mol. The fraction of sp³-hybridized carbons (Fsp3) is 0.800. The van der Waals surface area contributed by atoms with E-state index < -0.39 is 0 Å². The van der Waals surface area contributed by atoms with Gasteiger partial charge in [0.2, 0.25) is 0 Å². The quantitative estimate of drug-likeness (QED) is 0.230. The predicted octanol–water partition coefficient (Wildman–Crippen LogP) is 3.97. The summed E-state index contributed by atoms with van der Waals surface area (Å²) in [5, 5.41) is 0. The molecule has 0 saturated heterocycles. The minimum Gasteiger partial charge on any atom is -0.454 e. The van der Waals surface area contributed by atoms with Gasteiger partial charge in [-0.1, -0.05) is 26.2 Å². The van der Waals surface area contributed by atoms with Crippen LogP contribution in [0.2, 0.25) is 0 Å². The zero-order valence-corrected chi connectivity index (χ0v) is 14.6. The van der Waals surface area contributed by atoms with Gasteiger partial charge in [-0.25, -0.2) is 4.79 Å². The first kappa shape index (κ1) is 17.9. The average Bonchev–Trinajstić information content (AvgIpc) is 2.70. The van der Waals surface area contributed by atoms with E-state index in [0.717, 1.165) is 34.8 Å². The molecule has 0 radical (unpaired) electrons. The molecule has 0 spiro atoms. The topological polar surface area (TPSA) is 44.8 Å². The van der Waals surface area contributed by atoms with Gasteiger partial charge in [-0.15, -0.1) is 0 Å². The standard InChI is InChI=1S/C15H25IO4/c1-3-4-5-6-9-13-14(16)12(15(17)20-13)8-7-10-19-11-18-2/h13H,3-11H2,1-2H3/t13-/m0/s1. The van der Waals surface area contributed by atoms with Gasteiger partial charge < -0.3 is 14.2 Å². The fourth-order valence-electron chi connectivity index (χ4n) is 2.20. The van der Waals surface area contributed by atoms with Crippen molar-refractivity contribution in [1.29, 1.82) is 0 Å². The number of hydrogen-bond donors (Lipinski definition) is 0. The van der Waals surface area contributed by atoms with Gasteiger partial charge in [0.05, 0.1) is 5.57 Å². The summed E-state index contributed by atoms with van der Waals surface area (Å²) in [5.74, 6) is -0.137. The SMILES string of the molecule is CCCCCC[C@@H]1OC(=O)C(CCCOCOC)=C1I. The van der Waals surface area contributed by atoms with Crippen LogP contribution in [0.3, 0.4) is 0 Å². The van der Waals surface area contributed by atoms with Gasteiger partial charge in [0, 0.05) is 17.3 Å². The van der Waals surface area contributed by atoms with E-state index in [0.29, 0.717) is 13.4 Å². The van der Waals surface area contributed by atoms with E-state index in [9.17, 15) is 4.79 Å². The summed E-state index contributed by atoms with van der Waals surface area (Å²) in [4.78, 5) is 11.9. The van der Waals surface area contributed by atoms with Crippen LogP contribution >= 0.6 is 22.6 Å². The fourth-order valence-corrected chi connectivity index (χ4v) is 3.13. The molecule has 0 N–H and O–H groups in total. The Balaban J connectivity index is 2.32. The molecule has 4 nitrogen and oxygen atoms in total. The molecule has 0 saturated carbocycles. The van der Waals surface area contributed by atoms with E-state index in [1.54, 1.807) is 7.11 Å². The smallest absolute Gasteiger partial charge is 0.335 e. The van der Waals surface area contributed by atoms with Gasteiger partial charge in [-0.2, -0.15) is 0 Å². The van der Waals surface area contributed by atoms with E-state index in [-0.39, 0.29) is 12.1 Å². The number of unbranched alkanes of at least 4 members (excludes halogenated alkanes) is 3. The van der Waals surface area contributed by atoms with Gasteiger partial charge >= 0.3 is 5.97 Å². The Hall–Kier alpha value is -0.140. The van der Waals surface area contributed by atoms with E-state index in [4.69, 9.17) is 14.2 Å². The highest BCUT2D eigenvalue weighted by atomic mass is 127. The number of ether oxygens (including phenoxy) is 3. The largest absolute Gasteiger partial charge is 0.454 e. The third-order valence-electron chi connectivity index (χ3n) is 3.30. The number of hydrogen-bond acceptors (Lipinski definition) is 4. The van der Waals surface area contributed by atoms with Crippen LogP contribution in [0.15, 0.2) is 9.15 Å². The van der Waals surface area contributed by atoms with Crippen LogP contribution in [0, 0.1) is 0 Å². The molecule has 0 aromatic heterocycles. The Kier molecular flexibility index (Phi) is 9.46. The van der Waals surface area contributed by atoms with Crippen molar-refractivity contribution in [1.82, 2.24) is 0 Å². The molecule has 116 valence electrons. The van der Waals surface area contributed by atoms with Gasteiger partial charge in [0.15, 0.2) is 0 Å². The van der Waals surface area contributed by atoms with Crippen molar-refractivity contribution in [2.75, 3.05) is 20.5 Å². The molecule has 0 bridgehead atoms. The number of rotatable bonds is 11. The molecule has 0 fully saturated rings. The minimum absolute atomic E-state index is 0.00477. The van der Waals surface area contributed by atoms with Crippen LogP contribution < -0.4 is 0 Å². The molecule has 1 atom stereocenters. The third kappa shape index (κ3) is 6.10. The van der Waals surface area contributed by atoms with E-state index in [1.807, 2.05) is 0 Å². The Morgan fingerprint density at radius 1 is 1.25 bits per heavy atom. The lowest BCUT2D eigenvalue weighted by atomic mass is 10.1. The summed E-state index contributed by atoms with van der Waals surface area (Å²) < 4.78 is 16.6. The Labute approximate surface area is 135 Å². The molecule has 5 heteroatoms. The van der Waals surface area contributed by atoms with Gasteiger partial charge in [-0.3, -0.25) is 0 Å². The van der Waals surface area contributed by atoms with Gasteiger partial charge in [0.1, 0.15) is 12.9 Å².